The Hall–Kier alpha value is -1.26. The summed E-state index contributed by atoms with van der Waals surface area (Å²) in [7, 11) is 3.70. The third-order valence-electron chi connectivity index (χ3n) is 3.68. The molecule has 4 heteroatoms. The van der Waals surface area contributed by atoms with Crippen LogP contribution in [0.4, 0.5) is 0 Å². The molecule has 1 aliphatic rings. The third-order valence-corrected chi connectivity index (χ3v) is 3.68. The topological polar surface area (TPSA) is 44.7 Å². The van der Waals surface area contributed by atoms with Crippen LogP contribution < -0.4 is 10.1 Å². The van der Waals surface area contributed by atoms with Crippen LogP contribution in [-0.4, -0.2) is 43.3 Å². The van der Waals surface area contributed by atoms with Gasteiger partial charge in [0.25, 0.3) is 0 Å². The summed E-state index contributed by atoms with van der Waals surface area (Å²) in [5, 5.41) is 13.5. The molecule has 0 saturated carbocycles. The van der Waals surface area contributed by atoms with E-state index in [4.69, 9.17) is 4.74 Å². The van der Waals surface area contributed by atoms with Crippen molar-refractivity contribution in [2.24, 2.45) is 0 Å². The fourth-order valence-electron chi connectivity index (χ4n) is 2.62. The minimum atomic E-state index is 0.308. The number of piperidine rings is 1. The van der Waals surface area contributed by atoms with Crippen molar-refractivity contribution in [1.29, 1.82) is 0 Å². The molecule has 1 aromatic carbocycles. The number of benzene rings is 1. The van der Waals surface area contributed by atoms with Gasteiger partial charge in [0, 0.05) is 30.8 Å². The van der Waals surface area contributed by atoms with Crippen LogP contribution in [0.5, 0.6) is 11.5 Å². The Labute approximate surface area is 115 Å². The minimum absolute atomic E-state index is 0.308. The van der Waals surface area contributed by atoms with Crippen molar-refractivity contribution in [3.8, 4) is 11.5 Å². The summed E-state index contributed by atoms with van der Waals surface area (Å²) in [6.45, 7) is 2.91. The second-order valence-corrected chi connectivity index (χ2v) is 5.34. The number of likely N-dealkylation sites (N-methyl/N-ethyl adjacent to an activating group) is 1. The quantitative estimate of drug-likeness (QED) is 0.853. The number of ether oxygens (including phenoxy) is 1. The molecule has 19 heavy (non-hydrogen) atoms. The van der Waals surface area contributed by atoms with E-state index < -0.39 is 0 Å². The molecule has 1 aromatic rings. The first kappa shape index (κ1) is 14.2. The van der Waals surface area contributed by atoms with Crippen LogP contribution in [0.2, 0.25) is 0 Å². The summed E-state index contributed by atoms with van der Waals surface area (Å²) in [4.78, 5) is 2.25. The Morgan fingerprint density at radius 2 is 2.26 bits per heavy atom. The molecular weight excluding hydrogens is 240 g/mol. The van der Waals surface area contributed by atoms with Gasteiger partial charge in [0.1, 0.15) is 11.5 Å². The van der Waals surface area contributed by atoms with E-state index >= 15 is 0 Å². The second-order valence-electron chi connectivity index (χ2n) is 5.34. The van der Waals surface area contributed by atoms with Gasteiger partial charge in [-0.25, -0.2) is 0 Å². The summed E-state index contributed by atoms with van der Waals surface area (Å²) < 4.78 is 5.09. The maximum absolute atomic E-state index is 9.95. The highest BCUT2D eigenvalue weighted by Crippen LogP contribution is 2.24. The second kappa shape index (κ2) is 6.78. The lowest BCUT2D eigenvalue weighted by atomic mass is 10.0. The van der Waals surface area contributed by atoms with Gasteiger partial charge in [-0.2, -0.15) is 0 Å². The standard InChI is InChI=1S/C15H24N2O2/c1-17(11-13-5-3-4-8-16-13)10-12-6-7-14(19-2)9-15(12)18/h6-7,9,13,16,18H,3-5,8,10-11H2,1-2H3. The normalized spacial score (nSPS) is 19.6. The van der Waals surface area contributed by atoms with Gasteiger partial charge in [-0.3, -0.25) is 0 Å². The Balaban J connectivity index is 1.88. The number of nitrogens with zero attached hydrogens (tertiary/aromatic N) is 1. The van der Waals surface area contributed by atoms with E-state index in [0.717, 1.165) is 25.2 Å². The molecule has 0 aromatic heterocycles. The van der Waals surface area contributed by atoms with Gasteiger partial charge in [-0.05, 0) is 32.5 Å². The van der Waals surface area contributed by atoms with Crippen molar-refractivity contribution in [3.63, 3.8) is 0 Å². The lowest BCUT2D eigenvalue weighted by Gasteiger charge is -2.28. The average Bonchev–Trinajstić information content (AvgIpc) is 2.42. The predicted octanol–water partition coefficient (Wildman–Crippen LogP) is 1.97. The molecule has 1 heterocycles. The molecule has 0 amide bonds. The number of phenolic OH excluding ortho intramolecular Hbond substituents is 1. The zero-order valence-corrected chi connectivity index (χ0v) is 11.9. The van der Waals surface area contributed by atoms with Crippen molar-refractivity contribution < 1.29 is 9.84 Å². The molecule has 2 rings (SSSR count). The predicted molar refractivity (Wildman–Crippen MR) is 76.6 cm³/mol. The number of methoxy groups -OCH3 is 1. The first-order chi connectivity index (χ1) is 9.19. The maximum atomic E-state index is 9.95. The number of hydrogen-bond acceptors (Lipinski definition) is 4. The summed E-state index contributed by atoms with van der Waals surface area (Å²) in [5.41, 5.74) is 0.944. The van der Waals surface area contributed by atoms with Gasteiger partial charge in [-0.1, -0.05) is 12.5 Å². The summed E-state index contributed by atoms with van der Waals surface area (Å²) in [6.07, 6.45) is 3.86. The van der Waals surface area contributed by atoms with Crippen molar-refractivity contribution in [2.45, 2.75) is 31.8 Å². The molecule has 0 spiro atoms. The van der Waals surface area contributed by atoms with Gasteiger partial charge >= 0.3 is 0 Å². The Bertz CT molecular complexity index is 403. The molecule has 4 nitrogen and oxygen atoms in total. The Morgan fingerprint density at radius 1 is 1.42 bits per heavy atom. The molecular formula is C15H24N2O2. The highest BCUT2D eigenvalue weighted by molar-refractivity contribution is 5.39. The van der Waals surface area contributed by atoms with Crippen LogP contribution in [0.1, 0.15) is 24.8 Å². The van der Waals surface area contributed by atoms with Crippen LogP contribution in [0.3, 0.4) is 0 Å². The number of nitrogens with one attached hydrogen (secondary N) is 1. The Morgan fingerprint density at radius 3 is 2.89 bits per heavy atom. The SMILES string of the molecule is COc1ccc(CN(C)CC2CCCCN2)c(O)c1. The molecule has 0 bridgehead atoms. The van der Waals surface area contributed by atoms with Gasteiger partial charge in [0.15, 0.2) is 0 Å². The van der Waals surface area contributed by atoms with Crippen molar-refractivity contribution in [2.75, 3.05) is 27.2 Å². The molecule has 1 fully saturated rings. The molecule has 1 saturated heterocycles. The first-order valence-corrected chi connectivity index (χ1v) is 6.97. The smallest absolute Gasteiger partial charge is 0.123 e. The lowest BCUT2D eigenvalue weighted by Crippen LogP contribution is -2.42. The highest BCUT2D eigenvalue weighted by Gasteiger charge is 2.15. The van der Waals surface area contributed by atoms with Gasteiger partial charge in [0.05, 0.1) is 7.11 Å². The Kier molecular flexibility index (Phi) is 5.05. The van der Waals surface area contributed by atoms with Gasteiger partial charge in [-0.15, -0.1) is 0 Å². The van der Waals surface area contributed by atoms with E-state index in [0.29, 0.717) is 17.5 Å². The van der Waals surface area contributed by atoms with Crippen LogP contribution in [0.25, 0.3) is 0 Å². The number of rotatable bonds is 5. The van der Waals surface area contributed by atoms with Gasteiger partial charge in [0.2, 0.25) is 0 Å². The van der Waals surface area contributed by atoms with Crippen molar-refractivity contribution in [3.05, 3.63) is 23.8 Å². The monoisotopic (exact) mass is 264 g/mol. The van der Waals surface area contributed by atoms with Crippen molar-refractivity contribution in [1.82, 2.24) is 10.2 Å². The largest absolute Gasteiger partial charge is 0.507 e. The molecule has 0 radical (unpaired) electrons. The van der Waals surface area contributed by atoms with E-state index in [2.05, 4.69) is 17.3 Å². The summed E-state index contributed by atoms with van der Waals surface area (Å²) in [5.74, 6) is 1.00. The fraction of sp³-hybridized carbons (Fsp3) is 0.600. The van der Waals surface area contributed by atoms with E-state index in [9.17, 15) is 5.11 Å². The number of hydrogen-bond donors (Lipinski definition) is 2. The molecule has 2 N–H and O–H groups in total. The van der Waals surface area contributed by atoms with Crippen LogP contribution in [0.15, 0.2) is 18.2 Å². The molecule has 106 valence electrons. The van der Waals surface area contributed by atoms with Crippen LogP contribution in [0, 0.1) is 0 Å². The average molecular weight is 264 g/mol. The van der Waals surface area contributed by atoms with Gasteiger partial charge < -0.3 is 20.1 Å². The van der Waals surface area contributed by atoms with E-state index in [1.165, 1.54) is 19.3 Å². The zero-order valence-electron chi connectivity index (χ0n) is 11.9. The molecule has 1 unspecified atom stereocenters. The third kappa shape index (κ3) is 4.11. The van der Waals surface area contributed by atoms with Crippen LogP contribution >= 0.6 is 0 Å². The van der Waals surface area contributed by atoms with E-state index in [1.807, 2.05) is 12.1 Å². The minimum Gasteiger partial charge on any atom is -0.507 e. The van der Waals surface area contributed by atoms with Crippen LogP contribution in [-0.2, 0) is 6.54 Å². The first-order valence-electron chi connectivity index (χ1n) is 6.97. The van der Waals surface area contributed by atoms with E-state index in [1.54, 1.807) is 13.2 Å². The maximum Gasteiger partial charge on any atom is 0.123 e. The lowest BCUT2D eigenvalue weighted by molar-refractivity contribution is 0.254. The molecule has 1 atom stereocenters. The summed E-state index contributed by atoms with van der Waals surface area (Å²) >= 11 is 0. The summed E-state index contributed by atoms with van der Waals surface area (Å²) in [6, 6.07) is 6.07. The van der Waals surface area contributed by atoms with E-state index in [-0.39, 0.29) is 0 Å². The van der Waals surface area contributed by atoms with Crippen molar-refractivity contribution >= 4 is 0 Å². The number of phenols is 1. The molecule has 0 aliphatic carbocycles. The molecule has 1 aliphatic heterocycles. The fourth-order valence-corrected chi connectivity index (χ4v) is 2.62. The number of aromatic hydroxyl groups is 1. The zero-order chi connectivity index (χ0) is 13.7. The highest BCUT2D eigenvalue weighted by atomic mass is 16.5.